The molecule has 106 valence electrons. The quantitative estimate of drug-likeness (QED) is 0.811. The van der Waals surface area contributed by atoms with Gasteiger partial charge in [0.05, 0.1) is 12.6 Å². The van der Waals surface area contributed by atoms with Crippen LogP contribution in [0.25, 0.3) is 0 Å². The minimum absolute atomic E-state index is 0.0339. The Bertz CT molecular complexity index is 384. The summed E-state index contributed by atoms with van der Waals surface area (Å²) in [6.07, 6.45) is 0. The summed E-state index contributed by atoms with van der Waals surface area (Å²) in [6, 6.07) is 9.67. The van der Waals surface area contributed by atoms with Crippen molar-refractivity contribution in [2.45, 2.75) is 13.0 Å². The topological polar surface area (TPSA) is 55.8 Å². The number of nitrogens with zero attached hydrogens (tertiary/aromatic N) is 2. The van der Waals surface area contributed by atoms with Crippen LogP contribution in [0.2, 0.25) is 0 Å². The summed E-state index contributed by atoms with van der Waals surface area (Å²) in [7, 11) is 3.67. The highest BCUT2D eigenvalue weighted by molar-refractivity contribution is 5.74. The Morgan fingerprint density at radius 2 is 1.95 bits per heavy atom. The highest BCUT2D eigenvalue weighted by Crippen LogP contribution is 2.09. The second-order valence-electron chi connectivity index (χ2n) is 4.63. The third-order valence-electron chi connectivity index (χ3n) is 3.17. The van der Waals surface area contributed by atoms with Crippen molar-refractivity contribution in [2.75, 3.05) is 38.7 Å². The number of aliphatic hydroxyl groups is 1. The highest BCUT2D eigenvalue weighted by Gasteiger charge is 2.13. The minimum atomic E-state index is -0.174. The number of carbonyl (C=O) groups excluding carboxylic acids is 1. The van der Waals surface area contributed by atoms with Crippen LogP contribution in [0.15, 0.2) is 30.3 Å². The molecule has 0 fully saturated rings. The summed E-state index contributed by atoms with van der Waals surface area (Å²) in [4.78, 5) is 15.3. The second-order valence-corrected chi connectivity index (χ2v) is 4.63. The first kappa shape index (κ1) is 15.3. The zero-order valence-electron chi connectivity index (χ0n) is 11.8. The van der Waals surface area contributed by atoms with Crippen LogP contribution in [-0.2, 0) is 0 Å². The number of hydrogen-bond acceptors (Lipinski definition) is 3. The molecule has 5 nitrogen and oxygen atoms in total. The van der Waals surface area contributed by atoms with Gasteiger partial charge in [-0.25, -0.2) is 4.79 Å². The fourth-order valence-corrected chi connectivity index (χ4v) is 1.59. The number of rotatable bonds is 6. The van der Waals surface area contributed by atoms with Crippen molar-refractivity contribution in [1.82, 2.24) is 10.2 Å². The number of amides is 2. The van der Waals surface area contributed by atoms with E-state index in [4.69, 9.17) is 5.11 Å². The van der Waals surface area contributed by atoms with E-state index in [0.717, 1.165) is 12.2 Å². The van der Waals surface area contributed by atoms with E-state index in [0.29, 0.717) is 6.54 Å². The van der Waals surface area contributed by atoms with E-state index in [2.05, 4.69) is 10.2 Å². The molecule has 0 saturated heterocycles. The summed E-state index contributed by atoms with van der Waals surface area (Å²) in [5.41, 5.74) is 1.12. The first-order valence-electron chi connectivity index (χ1n) is 6.44. The van der Waals surface area contributed by atoms with Gasteiger partial charge in [-0.15, -0.1) is 0 Å². The molecule has 5 heteroatoms. The van der Waals surface area contributed by atoms with Crippen molar-refractivity contribution < 1.29 is 9.90 Å². The number of likely N-dealkylation sites (N-methyl/N-ethyl adjacent to an activating group) is 2. The smallest absolute Gasteiger partial charge is 0.317 e. The Hall–Kier alpha value is -1.75. The summed E-state index contributed by atoms with van der Waals surface area (Å²) in [5, 5.41) is 11.8. The molecule has 0 saturated carbocycles. The van der Waals surface area contributed by atoms with Crippen molar-refractivity contribution in [3.63, 3.8) is 0 Å². The number of carbonyl (C=O) groups is 1. The first-order valence-corrected chi connectivity index (χ1v) is 6.44. The SMILES string of the molecule is CC(CO)N(C)C(=O)NCCN(C)c1ccccc1. The van der Waals surface area contributed by atoms with Gasteiger partial charge in [0.2, 0.25) is 0 Å². The lowest BCUT2D eigenvalue weighted by molar-refractivity contribution is 0.157. The number of urea groups is 1. The fourth-order valence-electron chi connectivity index (χ4n) is 1.59. The molecule has 0 aliphatic heterocycles. The largest absolute Gasteiger partial charge is 0.394 e. The van der Waals surface area contributed by atoms with E-state index < -0.39 is 0 Å². The van der Waals surface area contributed by atoms with Gasteiger partial charge < -0.3 is 20.2 Å². The molecule has 0 heterocycles. The van der Waals surface area contributed by atoms with E-state index in [-0.39, 0.29) is 18.7 Å². The van der Waals surface area contributed by atoms with Gasteiger partial charge in [-0.2, -0.15) is 0 Å². The molecule has 0 aliphatic rings. The van der Waals surface area contributed by atoms with E-state index in [1.807, 2.05) is 37.4 Å². The molecular weight excluding hydrogens is 242 g/mol. The molecule has 1 atom stereocenters. The molecule has 1 aromatic rings. The van der Waals surface area contributed by atoms with E-state index in [1.54, 1.807) is 14.0 Å². The van der Waals surface area contributed by atoms with Crippen molar-refractivity contribution in [3.05, 3.63) is 30.3 Å². The molecule has 19 heavy (non-hydrogen) atoms. The molecule has 1 unspecified atom stereocenters. The van der Waals surface area contributed by atoms with Crippen LogP contribution in [0.4, 0.5) is 10.5 Å². The summed E-state index contributed by atoms with van der Waals surface area (Å²) >= 11 is 0. The molecule has 0 bridgehead atoms. The molecule has 0 radical (unpaired) electrons. The monoisotopic (exact) mass is 265 g/mol. The van der Waals surface area contributed by atoms with Gasteiger partial charge in [0.25, 0.3) is 0 Å². The predicted molar refractivity (Wildman–Crippen MR) is 77.4 cm³/mol. The average Bonchev–Trinajstić information content (AvgIpc) is 2.46. The molecule has 2 amide bonds. The standard InChI is InChI=1S/C14H23N3O2/c1-12(11-18)17(3)14(19)15-9-10-16(2)13-7-5-4-6-8-13/h4-8,12,18H,9-11H2,1-3H3,(H,15,19). The number of benzene rings is 1. The van der Waals surface area contributed by atoms with Crippen LogP contribution in [0.3, 0.4) is 0 Å². The van der Waals surface area contributed by atoms with Crippen LogP contribution in [0.1, 0.15) is 6.92 Å². The van der Waals surface area contributed by atoms with Gasteiger partial charge in [0.15, 0.2) is 0 Å². The van der Waals surface area contributed by atoms with Gasteiger partial charge >= 0.3 is 6.03 Å². The van der Waals surface area contributed by atoms with Gasteiger partial charge in [-0.3, -0.25) is 0 Å². The zero-order chi connectivity index (χ0) is 14.3. The van der Waals surface area contributed by atoms with Crippen molar-refractivity contribution in [3.8, 4) is 0 Å². The Morgan fingerprint density at radius 3 is 2.53 bits per heavy atom. The molecule has 0 aliphatic carbocycles. The maximum absolute atomic E-state index is 11.7. The summed E-state index contributed by atoms with van der Waals surface area (Å²) < 4.78 is 0. The van der Waals surface area contributed by atoms with Crippen molar-refractivity contribution in [1.29, 1.82) is 0 Å². The average molecular weight is 265 g/mol. The third-order valence-corrected chi connectivity index (χ3v) is 3.17. The zero-order valence-corrected chi connectivity index (χ0v) is 11.8. The number of anilines is 1. The van der Waals surface area contributed by atoms with Crippen molar-refractivity contribution in [2.24, 2.45) is 0 Å². The normalized spacial score (nSPS) is 11.8. The van der Waals surface area contributed by atoms with E-state index in [9.17, 15) is 4.79 Å². The fraction of sp³-hybridized carbons (Fsp3) is 0.500. The maximum Gasteiger partial charge on any atom is 0.317 e. The lowest BCUT2D eigenvalue weighted by Crippen LogP contribution is -2.45. The molecule has 0 spiro atoms. The molecular formula is C14H23N3O2. The summed E-state index contributed by atoms with van der Waals surface area (Å²) in [5.74, 6) is 0. The van der Waals surface area contributed by atoms with Crippen LogP contribution >= 0.6 is 0 Å². The number of aliphatic hydroxyl groups excluding tert-OH is 1. The first-order chi connectivity index (χ1) is 9.06. The van der Waals surface area contributed by atoms with Gasteiger partial charge in [0.1, 0.15) is 0 Å². The minimum Gasteiger partial charge on any atom is -0.394 e. The third kappa shape index (κ3) is 4.79. The van der Waals surface area contributed by atoms with E-state index >= 15 is 0 Å². The summed E-state index contributed by atoms with van der Waals surface area (Å²) in [6.45, 7) is 3.06. The Balaban J connectivity index is 2.32. The molecule has 2 N–H and O–H groups in total. The van der Waals surface area contributed by atoms with E-state index in [1.165, 1.54) is 4.90 Å². The van der Waals surface area contributed by atoms with Crippen LogP contribution < -0.4 is 10.2 Å². The Kier molecular flexibility index (Phi) is 6.15. The van der Waals surface area contributed by atoms with Crippen LogP contribution in [-0.4, -0.2) is 55.9 Å². The highest BCUT2D eigenvalue weighted by atomic mass is 16.3. The predicted octanol–water partition coefficient (Wildman–Crippen LogP) is 1.14. The van der Waals surface area contributed by atoms with Crippen LogP contribution in [0.5, 0.6) is 0 Å². The number of nitrogens with one attached hydrogen (secondary N) is 1. The molecule has 1 rings (SSSR count). The number of hydrogen-bond donors (Lipinski definition) is 2. The van der Waals surface area contributed by atoms with Gasteiger partial charge in [-0.05, 0) is 19.1 Å². The van der Waals surface area contributed by atoms with Crippen LogP contribution in [0, 0.1) is 0 Å². The molecule has 0 aromatic heterocycles. The molecule has 1 aromatic carbocycles. The second kappa shape index (κ2) is 7.63. The maximum atomic E-state index is 11.7. The van der Waals surface area contributed by atoms with Gasteiger partial charge in [0, 0.05) is 32.9 Å². The Labute approximate surface area is 114 Å². The number of para-hydroxylation sites is 1. The van der Waals surface area contributed by atoms with Gasteiger partial charge in [-0.1, -0.05) is 18.2 Å². The Morgan fingerprint density at radius 1 is 1.32 bits per heavy atom. The lowest BCUT2D eigenvalue weighted by atomic mass is 10.3. The van der Waals surface area contributed by atoms with Crippen molar-refractivity contribution >= 4 is 11.7 Å². The lowest BCUT2D eigenvalue weighted by Gasteiger charge is -2.25.